The number of piperazine rings is 1. The van der Waals surface area contributed by atoms with Crippen LogP contribution in [0.25, 0.3) is 16.9 Å². The van der Waals surface area contributed by atoms with Gasteiger partial charge in [0, 0.05) is 56.6 Å². The Kier molecular flexibility index (Phi) is 6.65. The summed E-state index contributed by atoms with van der Waals surface area (Å²) in [6, 6.07) is 22.7. The number of hydrogen-bond acceptors (Lipinski definition) is 6. The number of fused-ring (bicyclic) bond motifs is 1. The van der Waals surface area contributed by atoms with Crippen molar-refractivity contribution in [3.8, 4) is 11.3 Å². The molecule has 0 unspecified atom stereocenters. The predicted octanol–water partition coefficient (Wildman–Crippen LogP) is 3.44. The van der Waals surface area contributed by atoms with E-state index in [1.807, 2.05) is 35.0 Å². The van der Waals surface area contributed by atoms with E-state index in [1.165, 1.54) is 5.56 Å². The molecule has 1 saturated heterocycles. The number of aliphatic hydroxyl groups excluding tert-OH is 1. The predicted molar refractivity (Wildman–Crippen MR) is 137 cm³/mol. The fourth-order valence-electron chi connectivity index (χ4n) is 4.40. The molecule has 0 radical (unpaired) electrons. The minimum Gasteiger partial charge on any atom is -0.395 e. The maximum Gasteiger partial charge on any atom is 0.158 e. The number of nitrogens with zero attached hydrogens (tertiary/aromatic N) is 6. The minimum atomic E-state index is 0.197. The van der Waals surface area contributed by atoms with Crippen LogP contribution in [0, 0.1) is 6.92 Å². The maximum absolute atomic E-state index is 9.28. The summed E-state index contributed by atoms with van der Waals surface area (Å²) in [6.07, 6.45) is 1.91. The van der Waals surface area contributed by atoms with Crippen molar-refractivity contribution in [3.63, 3.8) is 0 Å². The van der Waals surface area contributed by atoms with E-state index < -0.39 is 0 Å². The molecule has 4 aromatic rings. The third-order valence-electron chi connectivity index (χ3n) is 6.18. The summed E-state index contributed by atoms with van der Waals surface area (Å²) in [6.45, 7) is 7.10. The summed E-state index contributed by atoms with van der Waals surface area (Å²) in [5, 5.41) is 14.2. The molecule has 1 aliphatic heterocycles. The SMILES string of the molecule is Cc1cccc(C=NCc2cc(N3CCN(CCO)CC3)n3nc(-c4ccccc4)cc3n2)c1. The van der Waals surface area contributed by atoms with Crippen LogP contribution in [-0.2, 0) is 6.54 Å². The van der Waals surface area contributed by atoms with E-state index in [1.54, 1.807) is 0 Å². The summed E-state index contributed by atoms with van der Waals surface area (Å²) in [4.78, 5) is 14.2. The van der Waals surface area contributed by atoms with E-state index in [9.17, 15) is 5.11 Å². The van der Waals surface area contributed by atoms with E-state index in [0.717, 1.165) is 66.7 Å². The third kappa shape index (κ3) is 5.00. The van der Waals surface area contributed by atoms with Gasteiger partial charge in [0.2, 0.25) is 0 Å². The van der Waals surface area contributed by atoms with Gasteiger partial charge in [0.15, 0.2) is 5.65 Å². The Morgan fingerprint density at radius 1 is 0.971 bits per heavy atom. The fraction of sp³-hybridized carbons (Fsp3) is 0.296. The monoisotopic (exact) mass is 454 g/mol. The lowest BCUT2D eigenvalue weighted by molar-refractivity contribution is 0.188. The van der Waals surface area contributed by atoms with Gasteiger partial charge in [-0.2, -0.15) is 9.61 Å². The summed E-state index contributed by atoms with van der Waals surface area (Å²) >= 11 is 0. The highest BCUT2D eigenvalue weighted by Gasteiger charge is 2.21. The van der Waals surface area contributed by atoms with Crippen molar-refractivity contribution < 1.29 is 5.11 Å². The molecule has 0 spiro atoms. The molecule has 174 valence electrons. The summed E-state index contributed by atoms with van der Waals surface area (Å²) in [7, 11) is 0. The molecule has 0 atom stereocenters. The van der Waals surface area contributed by atoms with Crippen molar-refractivity contribution in [2.75, 3.05) is 44.2 Å². The van der Waals surface area contributed by atoms with Crippen LogP contribution in [0.4, 0.5) is 5.82 Å². The fourth-order valence-corrected chi connectivity index (χ4v) is 4.40. The van der Waals surface area contributed by atoms with Crippen molar-refractivity contribution >= 4 is 17.7 Å². The second-order valence-electron chi connectivity index (χ2n) is 8.71. The number of aromatic nitrogens is 3. The van der Waals surface area contributed by atoms with Gasteiger partial charge in [0.1, 0.15) is 5.82 Å². The Balaban J connectivity index is 1.46. The Morgan fingerprint density at radius 2 is 1.79 bits per heavy atom. The number of benzene rings is 2. The van der Waals surface area contributed by atoms with E-state index >= 15 is 0 Å². The summed E-state index contributed by atoms with van der Waals surface area (Å²) in [5.74, 6) is 1.04. The molecule has 5 rings (SSSR count). The van der Waals surface area contributed by atoms with Gasteiger partial charge >= 0.3 is 0 Å². The number of aryl methyl sites for hydroxylation is 1. The highest BCUT2D eigenvalue weighted by molar-refractivity contribution is 5.79. The lowest BCUT2D eigenvalue weighted by atomic mass is 10.1. The molecule has 1 aliphatic rings. The van der Waals surface area contributed by atoms with E-state index in [2.05, 4.69) is 64.2 Å². The van der Waals surface area contributed by atoms with Crippen molar-refractivity contribution in [2.45, 2.75) is 13.5 Å². The Morgan fingerprint density at radius 3 is 2.56 bits per heavy atom. The zero-order valence-corrected chi connectivity index (χ0v) is 19.5. The van der Waals surface area contributed by atoms with Crippen LogP contribution in [0.1, 0.15) is 16.8 Å². The molecule has 0 saturated carbocycles. The first-order chi connectivity index (χ1) is 16.7. The van der Waals surface area contributed by atoms with Gasteiger partial charge in [-0.25, -0.2) is 4.98 Å². The molecule has 2 aromatic heterocycles. The molecular weight excluding hydrogens is 424 g/mol. The Hall–Kier alpha value is -3.55. The second-order valence-corrected chi connectivity index (χ2v) is 8.71. The highest BCUT2D eigenvalue weighted by Crippen LogP contribution is 2.24. The van der Waals surface area contributed by atoms with Gasteiger partial charge in [0.05, 0.1) is 24.5 Å². The van der Waals surface area contributed by atoms with E-state index in [4.69, 9.17) is 10.1 Å². The topological polar surface area (TPSA) is 69.3 Å². The number of hydrogen-bond donors (Lipinski definition) is 1. The molecular formula is C27H30N6O. The van der Waals surface area contributed by atoms with Crippen LogP contribution < -0.4 is 4.90 Å². The summed E-state index contributed by atoms with van der Waals surface area (Å²) < 4.78 is 1.96. The van der Waals surface area contributed by atoms with E-state index in [-0.39, 0.29) is 6.61 Å². The standard InChI is InChI=1S/C27H30N6O/c1-21-6-5-7-22(16-21)19-28-20-24-17-27(32-12-10-31(11-13-32)14-15-34)33-26(29-24)18-25(30-33)23-8-3-2-4-9-23/h2-9,16-19,34H,10-15,20H2,1H3. The van der Waals surface area contributed by atoms with Crippen LogP contribution in [0.5, 0.6) is 0 Å². The first kappa shape index (κ1) is 22.3. The molecule has 34 heavy (non-hydrogen) atoms. The zero-order valence-electron chi connectivity index (χ0n) is 19.5. The molecule has 3 heterocycles. The zero-order chi connectivity index (χ0) is 23.3. The minimum absolute atomic E-state index is 0.197. The van der Waals surface area contributed by atoms with Gasteiger partial charge in [-0.3, -0.25) is 9.89 Å². The number of rotatable bonds is 7. The molecule has 1 N–H and O–H groups in total. The van der Waals surface area contributed by atoms with Gasteiger partial charge < -0.3 is 10.0 Å². The van der Waals surface area contributed by atoms with E-state index in [0.29, 0.717) is 6.54 Å². The van der Waals surface area contributed by atoms with Crippen molar-refractivity contribution in [2.24, 2.45) is 4.99 Å². The van der Waals surface area contributed by atoms with Crippen molar-refractivity contribution in [1.82, 2.24) is 19.5 Å². The quantitative estimate of drug-likeness (QED) is 0.433. The van der Waals surface area contributed by atoms with Gasteiger partial charge in [-0.1, -0.05) is 60.2 Å². The highest BCUT2D eigenvalue weighted by atomic mass is 16.3. The molecule has 7 nitrogen and oxygen atoms in total. The average Bonchev–Trinajstić information content (AvgIpc) is 3.29. The molecule has 0 aliphatic carbocycles. The Bertz CT molecular complexity index is 1280. The van der Waals surface area contributed by atoms with Crippen LogP contribution in [0.15, 0.2) is 71.7 Å². The van der Waals surface area contributed by atoms with Crippen LogP contribution in [0.2, 0.25) is 0 Å². The second kappa shape index (κ2) is 10.2. The smallest absolute Gasteiger partial charge is 0.158 e. The average molecular weight is 455 g/mol. The largest absolute Gasteiger partial charge is 0.395 e. The number of aliphatic imine (C=N–C) groups is 1. The molecule has 0 amide bonds. The van der Waals surface area contributed by atoms with Crippen molar-refractivity contribution in [3.05, 3.63) is 83.6 Å². The maximum atomic E-state index is 9.28. The number of β-amino-alcohol motifs (C(OH)–C–C–N with tert-alkyl or cyclic N) is 1. The lowest BCUT2D eigenvalue weighted by Gasteiger charge is -2.35. The molecule has 0 bridgehead atoms. The summed E-state index contributed by atoms with van der Waals surface area (Å²) in [5.41, 5.74) is 6.05. The third-order valence-corrected chi connectivity index (χ3v) is 6.18. The van der Waals surface area contributed by atoms with Crippen molar-refractivity contribution in [1.29, 1.82) is 0 Å². The Labute approximate surface area is 200 Å². The van der Waals surface area contributed by atoms with Gasteiger partial charge in [-0.15, -0.1) is 0 Å². The normalized spacial score (nSPS) is 14.9. The van der Waals surface area contributed by atoms with Crippen LogP contribution >= 0.6 is 0 Å². The van der Waals surface area contributed by atoms with Crippen LogP contribution in [0.3, 0.4) is 0 Å². The number of anilines is 1. The molecule has 2 aromatic carbocycles. The number of aliphatic hydroxyl groups is 1. The first-order valence-corrected chi connectivity index (χ1v) is 11.8. The first-order valence-electron chi connectivity index (χ1n) is 11.8. The van der Waals surface area contributed by atoms with Gasteiger partial charge in [-0.05, 0) is 12.5 Å². The van der Waals surface area contributed by atoms with Crippen LogP contribution in [-0.4, -0.2) is 70.1 Å². The molecule has 1 fully saturated rings. The van der Waals surface area contributed by atoms with Gasteiger partial charge in [0.25, 0.3) is 0 Å². The molecule has 7 heteroatoms. The lowest BCUT2D eigenvalue weighted by Crippen LogP contribution is -2.47.